The molecule has 190 valence electrons. The minimum Gasteiger partial charge on any atom is -0.464 e. The van der Waals surface area contributed by atoms with Crippen LogP contribution in [0.2, 0.25) is 0 Å². The molecule has 0 saturated heterocycles. The molecular formula is C20H31F3NO7PS. The first-order valence-corrected chi connectivity index (χ1v) is 13.3. The monoisotopic (exact) mass is 517 g/mol. The van der Waals surface area contributed by atoms with Crippen LogP contribution in [0.5, 0.6) is 0 Å². The molecule has 0 aliphatic carbocycles. The molecule has 0 fully saturated rings. The zero-order valence-electron chi connectivity index (χ0n) is 19.4. The van der Waals surface area contributed by atoms with Crippen LogP contribution >= 0.6 is 7.60 Å². The Labute approximate surface area is 192 Å². The van der Waals surface area contributed by atoms with E-state index in [2.05, 4.69) is 4.74 Å². The van der Waals surface area contributed by atoms with Crippen LogP contribution in [0.4, 0.5) is 13.2 Å². The van der Waals surface area contributed by atoms with Gasteiger partial charge in [-0.25, -0.2) is 13.2 Å². The van der Waals surface area contributed by atoms with Crippen molar-refractivity contribution in [1.29, 1.82) is 0 Å². The van der Waals surface area contributed by atoms with Gasteiger partial charge >= 0.3 is 25.0 Å². The maximum Gasteiger partial charge on any atom is 0.430 e. The molecule has 13 heteroatoms. The van der Waals surface area contributed by atoms with Gasteiger partial charge in [0, 0.05) is 0 Å². The minimum atomic E-state index is -5.75. The normalized spacial score (nSPS) is 15.0. The number of benzene rings is 1. The highest BCUT2D eigenvalue weighted by Crippen LogP contribution is 2.65. The van der Waals surface area contributed by atoms with Gasteiger partial charge in [-0.15, -0.1) is 0 Å². The van der Waals surface area contributed by atoms with E-state index >= 15 is 0 Å². The van der Waals surface area contributed by atoms with Crippen LogP contribution in [0, 0.1) is 18.8 Å². The molecule has 0 amide bonds. The third-order valence-corrected chi connectivity index (χ3v) is 8.13. The molecule has 0 saturated carbocycles. The van der Waals surface area contributed by atoms with E-state index in [1.165, 1.54) is 23.8 Å². The molecule has 1 atom stereocenters. The van der Waals surface area contributed by atoms with E-state index in [4.69, 9.17) is 9.05 Å². The molecule has 0 aliphatic rings. The number of ether oxygens (including phenoxy) is 1. The van der Waals surface area contributed by atoms with Crippen molar-refractivity contribution in [2.24, 2.45) is 11.8 Å². The molecule has 1 aromatic carbocycles. The standard InChI is InChI=1S/C20H31F3NO7PS/c1-7-29-18(25)19(20(21,22)23,24-33(27,28)17-10-8-16(6)9-11-17)32(26,30-12-14(2)3)31-13-15(4)5/h8-11,14-15,24H,7,12-13H2,1-6H3/t19-/m0/s1. The van der Waals surface area contributed by atoms with Gasteiger partial charge in [-0.05, 0) is 37.8 Å². The van der Waals surface area contributed by atoms with Crippen molar-refractivity contribution in [2.45, 2.75) is 57.9 Å². The fourth-order valence-electron chi connectivity index (χ4n) is 2.47. The Morgan fingerprint density at radius 1 is 1.03 bits per heavy atom. The van der Waals surface area contributed by atoms with Crippen LogP contribution in [-0.2, 0) is 33.2 Å². The minimum absolute atomic E-state index is 0.414. The maximum atomic E-state index is 14.6. The van der Waals surface area contributed by atoms with Gasteiger partial charge in [0.25, 0.3) is 0 Å². The van der Waals surface area contributed by atoms with Gasteiger partial charge < -0.3 is 13.8 Å². The lowest BCUT2D eigenvalue weighted by Crippen LogP contribution is -2.64. The summed E-state index contributed by atoms with van der Waals surface area (Å²) < 4.78 is 99.7. The molecule has 8 nitrogen and oxygen atoms in total. The Bertz CT molecular complexity index is 933. The van der Waals surface area contributed by atoms with Crippen LogP contribution in [0.25, 0.3) is 0 Å². The highest BCUT2D eigenvalue weighted by molar-refractivity contribution is 7.90. The van der Waals surface area contributed by atoms with Gasteiger partial charge in [-0.3, -0.25) is 4.57 Å². The largest absolute Gasteiger partial charge is 0.464 e. The summed E-state index contributed by atoms with van der Waals surface area (Å²) in [7, 11) is -10.6. The number of aryl methyl sites for hydroxylation is 1. The number of carbonyl (C=O) groups is 1. The second-order valence-electron chi connectivity index (χ2n) is 8.22. The van der Waals surface area contributed by atoms with E-state index < -0.39 is 71.6 Å². The highest BCUT2D eigenvalue weighted by atomic mass is 32.2. The molecule has 0 heterocycles. The number of hydrogen-bond acceptors (Lipinski definition) is 7. The van der Waals surface area contributed by atoms with Crippen molar-refractivity contribution in [3.05, 3.63) is 29.8 Å². The van der Waals surface area contributed by atoms with E-state index in [1.807, 2.05) is 0 Å². The lowest BCUT2D eigenvalue weighted by Gasteiger charge is -2.38. The lowest BCUT2D eigenvalue weighted by molar-refractivity contribution is -0.195. The zero-order chi connectivity index (χ0) is 25.7. The summed E-state index contributed by atoms with van der Waals surface area (Å²) in [6.45, 7) is 7.62. The number of sulfonamides is 1. The number of carbonyl (C=O) groups excluding carboxylic acids is 1. The molecule has 1 rings (SSSR count). The van der Waals surface area contributed by atoms with Crippen LogP contribution in [-0.4, -0.2) is 45.7 Å². The summed E-state index contributed by atoms with van der Waals surface area (Å²) in [6, 6.07) is 4.83. The molecule has 33 heavy (non-hydrogen) atoms. The summed E-state index contributed by atoms with van der Waals surface area (Å²) in [4.78, 5) is 12.2. The average Bonchev–Trinajstić information content (AvgIpc) is 2.68. The van der Waals surface area contributed by atoms with Crippen LogP contribution in [0.3, 0.4) is 0 Å². The molecule has 0 unspecified atom stereocenters. The van der Waals surface area contributed by atoms with Crippen molar-refractivity contribution < 1.29 is 44.7 Å². The predicted molar refractivity (Wildman–Crippen MR) is 116 cm³/mol. The van der Waals surface area contributed by atoms with Gasteiger partial charge in [0.15, 0.2) is 0 Å². The van der Waals surface area contributed by atoms with Crippen molar-refractivity contribution >= 4 is 23.6 Å². The lowest BCUT2D eigenvalue weighted by atomic mass is 10.2. The van der Waals surface area contributed by atoms with E-state index in [1.54, 1.807) is 34.6 Å². The predicted octanol–water partition coefficient (Wildman–Crippen LogP) is 4.63. The van der Waals surface area contributed by atoms with Crippen LogP contribution < -0.4 is 4.72 Å². The SMILES string of the molecule is CCOC(=O)[C@@](NS(=O)(=O)c1ccc(C)cc1)(C(F)(F)F)P(=O)(OCC(C)C)OCC(C)C. The van der Waals surface area contributed by atoms with Crippen LogP contribution in [0.1, 0.15) is 40.2 Å². The first-order chi connectivity index (χ1) is 15.0. The zero-order valence-corrected chi connectivity index (χ0v) is 21.1. The third-order valence-electron chi connectivity index (χ3n) is 4.16. The Morgan fingerprint density at radius 2 is 1.48 bits per heavy atom. The third kappa shape index (κ3) is 7.02. The van der Waals surface area contributed by atoms with Crippen molar-refractivity contribution in [2.75, 3.05) is 19.8 Å². The average molecular weight is 518 g/mol. The van der Waals surface area contributed by atoms with Crippen molar-refractivity contribution in [3.8, 4) is 0 Å². The Balaban J connectivity index is 3.84. The molecule has 0 bridgehead atoms. The Kier molecular flexibility index (Phi) is 10.1. The number of esters is 1. The number of hydrogen-bond donors (Lipinski definition) is 1. The van der Waals surface area contributed by atoms with E-state index in [0.717, 1.165) is 12.1 Å². The fraction of sp³-hybridized carbons (Fsp3) is 0.650. The Morgan fingerprint density at radius 3 is 1.85 bits per heavy atom. The van der Waals surface area contributed by atoms with E-state index in [0.29, 0.717) is 5.56 Å². The summed E-state index contributed by atoms with van der Waals surface area (Å²) in [6.07, 6.45) is -5.75. The van der Waals surface area contributed by atoms with Gasteiger partial charge in [0.1, 0.15) is 0 Å². The first-order valence-electron chi connectivity index (χ1n) is 10.3. The molecule has 0 spiro atoms. The molecule has 0 radical (unpaired) electrons. The van der Waals surface area contributed by atoms with E-state index in [9.17, 15) is 30.9 Å². The van der Waals surface area contributed by atoms with Crippen molar-refractivity contribution in [1.82, 2.24) is 4.72 Å². The second-order valence-corrected chi connectivity index (χ2v) is 12.1. The highest BCUT2D eigenvalue weighted by Gasteiger charge is 2.76. The fourth-order valence-corrected chi connectivity index (χ4v) is 6.53. The topological polar surface area (TPSA) is 108 Å². The summed E-state index contributed by atoms with van der Waals surface area (Å²) in [5.74, 6) is -2.96. The van der Waals surface area contributed by atoms with Crippen molar-refractivity contribution in [3.63, 3.8) is 0 Å². The maximum absolute atomic E-state index is 14.6. The number of nitrogens with one attached hydrogen (secondary N) is 1. The second kappa shape index (κ2) is 11.3. The Hall–Kier alpha value is -1.46. The molecule has 1 N–H and O–H groups in total. The summed E-state index contributed by atoms with van der Waals surface area (Å²) in [5.41, 5.74) is 0.646. The molecule has 1 aromatic rings. The molecule has 0 aromatic heterocycles. The quantitative estimate of drug-likeness (QED) is 0.318. The summed E-state index contributed by atoms with van der Waals surface area (Å²) >= 11 is 0. The van der Waals surface area contributed by atoms with Gasteiger partial charge in [0.05, 0.1) is 24.7 Å². The smallest absolute Gasteiger partial charge is 0.430 e. The first kappa shape index (κ1) is 29.6. The number of halogens is 3. The van der Waals surface area contributed by atoms with Crippen LogP contribution in [0.15, 0.2) is 29.2 Å². The van der Waals surface area contributed by atoms with Gasteiger partial charge in [-0.1, -0.05) is 45.4 Å². The molecular weight excluding hydrogens is 486 g/mol. The van der Waals surface area contributed by atoms with Gasteiger partial charge in [0.2, 0.25) is 10.0 Å². The number of rotatable bonds is 12. The van der Waals surface area contributed by atoms with E-state index in [-0.39, 0.29) is 0 Å². The number of alkyl halides is 3. The van der Waals surface area contributed by atoms with Gasteiger partial charge in [-0.2, -0.15) is 17.9 Å². The summed E-state index contributed by atoms with van der Waals surface area (Å²) in [5, 5.41) is -4.33. The molecule has 0 aliphatic heterocycles.